The van der Waals surface area contributed by atoms with Crippen LogP contribution in [0.2, 0.25) is 0 Å². The summed E-state index contributed by atoms with van der Waals surface area (Å²) in [4.78, 5) is 10.2. The zero-order chi connectivity index (χ0) is 8.27. The van der Waals surface area contributed by atoms with Crippen LogP contribution in [0, 0.1) is 0 Å². The van der Waals surface area contributed by atoms with E-state index in [1.165, 1.54) is 0 Å². The molecule has 0 saturated heterocycles. The van der Waals surface area contributed by atoms with Gasteiger partial charge in [-0.05, 0) is 12.8 Å². The van der Waals surface area contributed by atoms with Crippen molar-refractivity contribution in [1.29, 1.82) is 0 Å². The minimum atomic E-state index is -0.343. The Bertz CT molecular complexity index is 143. The third-order valence-corrected chi connectivity index (χ3v) is 1.77. The summed E-state index contributed by atoms with van der Waals surface area (Å²) < 4.78 is 5.20. The summed E-state index contributed by atoms with van der Waals surface area (Å²) in [7, 11) is 0. The molecule has 1 aliphatic carbocycles. The number of aliphatic hydroxyl groups is 1. The lowest BCUT2D eigenvalue weighted by molar-refractivity contribution is -0.121. The number of hydrogen-bond donors (Lipinski definition) is 2. The monoisotopic (exact) mass is 159 g/mol. The molecule has 4 nitrogen and oxygen atoms in total. The summed E-state index contributed by atoms with van der Waals surface area (Å²) in [6.45, 7) is 0.382. The maximum Gasteiger partial charge on any atom is 0.219 e. The van der Waals surface area contributed by atoms with Crippen LogP contribution in [0.25, 0.3) is 0 Å². The van der Waals surface area contributed by atoms with Crippen LogP contribution in [0.4, 0.5) is 0 Å². The number of ether oxygens (including phenoxy) is 1. The molecule has 0 bridgehead atoms. The molecule has 0 aliphatic heterocycles. The van der Waals surface area contributed by atoms with Crippen LogP contribution >= 0.6 is 0 Å². The Balaban J connectivity index is 1.92. The van der Waals surface area contributed by atoms with Gasteiger partial charge in [-0.2, -0.15) is 0 Å². The number of carbonyl (C=O) groups is 1. The normalized spacial score (nSPS) is 29.5. The second-order valence-electron chi connectivity index (χ2n) is 2.83. The highest BCUT2D eigenvalue weighted by Gasteiger charge is 2.27. The fourth-order valence-corrected chi connectivity index (χ4v) is 1.00. The van der Waals surface area contributed by atoms with Gasteiger partial charge in [-0.25, -0.2) is 0 Å². The third-order valence-electron chi connectivity index (χ3n) is 1.77. The lowest BCUT2D eigenvalue weighted by atomic mass is 9.92. The summed E-state index contributed by atoms with van der Waals surface area (Å²) in [5.74, 6) is -0.343. The van der Waals surface area contributed by atoms with E-state index in [2.05, 4.69) is 0 Å². The highest BCUT2D eigenvalue weighted by atomic mass is 16.5. The molecule has 0 atom stereocenters. The van der Waals surface area contributed by atoms with Crippen molar-refractivity contribution in [2.45, 2.75) is 31.5 Å². The second-order valence-corrected chi connectivity index (χ2v) is 2.83. The Hall–Kier alpha value is -0.610. The van der Waals surface area contributed by atoms with Gasteiger partial charge >= 0.3 is 0 Å². The molecule has 1 aliphatic rings. The Kier molecular flexibility index (Phi) is 2.84. The molecule has 64 valence electrons. The first-order valence-electron chi connectivity index (χ1n) is 3.76. The van der Waals surface area contributed by atoms with Crippen molar-refractivity contribution in [1.82, 2.24) is 0 Å². The summed E-state index contributed by atoms with van der Waals surface area (Å²) in [5, 5.41) is 8.86. The Morgan fingerprint density at radius 3 is 2.73 bits per heavy atom. The van der Waals surface area contributed by atoms with Crippen molar-refractivity contribution in [3.8, 4) is 0 Å². The maximum atomic E-state index is 10.2. The smallest absolute Gasteiger partial charge is 0.219 e. The Morgan fingerprint density at radius 1 is 1.64 bits per heavy atom. The number of carbonyl (C=O) groups excluding carboxylic acids is 1. The lowest BCUT2D eigenvalue weighted by Gasteiger charge is -2.30. The number of rotatable bonds is 4. The summed E-state index contributed by atoms with van der Waals surface area (Å²) in [6, 6.07) is 0. The van der Waals surface area contributed by atoms with Gasteiger partial charge in [0.1, 0.15) is 0 Å². The van der Waals surface area contributed by atoms with Gasteiger partial charge in [-0.1, -0.05) is 0 Å². The number of nitrogens with two attached hydrogens (primary N) is 1. The molecule has 0 heterocycles. The molecule has 0 aromatic rings. The Morgan fingerprint density at radius 2 is 2.27 bits per heavy atom. The molecule has 4 heteroatoms. The lowest BCUT2D eigenvalue weighted by Crippen LogP contribution is -2.35. The van der Waals surface area contributed by atoms with Gasteiger partial charge in [0.2, 0.25) is 5.91 Å². The van der Waals surface area contributed by atoms with Crippen LogP contribution in [-0.4, -0.2) is 29.8 Å². The first kappa shape index (κ1) is 8.49. The second kappa shape index (κ2) is 3.69. The number of primary amides is 1. The Labute approximate surface area is 65.3 Å². The molecule has 1 amide bonds. The minimum absolute atomic E-state index is 0.143. The molecule has 0 aromatic carbocycles. The molecule has 3 N–H and O–H groups in total. The van der Waals surface area contributed by atoms with Crippen LogP contribution in [0.3, 0.4) is 0 Å². The summed E-state index contributed by atoms with van der Waals surface area (Å²) in [6.07, 6.45) is 1.60. The third kappa shape index (κ3) is 2.86. The zero-order valence-corrected chi connectivity index (χ0v) is 6.32. The molecule has 1 rings (SSSR count). The van der Waals surface area contributed by atoms with Crippen LogP contribution in [-0.2, 0) is 9.53 Å². The van der Waals surface area contributed by atoms with E-state index in [0.29, 0.717) is 19.4 Å². The van der Waals surface area contributed by atoms with E-state index in [9.17, 15) is 4.79 Å². The highest BCUT2D eigenvalue weighted by molar-refractivity contribution is 5.73. The van der Waals surface area contributed by atoms with Crippen molar-refractivity contribution < 1.29 is 14.6 Å². The SMILES string of the molecule is NC(=O)CCOC1CC(O)C1. The number of hydrogen-bond acceptors (Lipinski definition) is 3. The van der Waals surface area contributed by atoms with E-state index in [-0.39, 0.29) is 24.5 Å². The van der Waals surface area contributed by atoms with Gasteiger partial charge in [0.15, 0.2) is 0 Å². The molecule has 0 spiro atoms. The van der Waals surface area contributed by atoms with Crippen LogP contribution in [0.1, 0.15) is 19.3 Å². The standard InChI is InChI=1S/C7H13NO3/c8-7(10)1-2-11-6-3-5(9)4-6/h5-6,9H,1-4H2,(H2,8,10). The molecule has 0 unspecified atom stereocenters. The van der Waals surface area contributed by atoms with Gasteiger partial charge in [-0.15, -0.1) is 0 Å². The van der Waals surface area contributed by atoms with Crippen molar-refractivity contribution >= 4 is 5.91 Å². The topological polar surface area (TPSA) is 72.6 Å². The van der Waals surface area contributed by atoms with Gasteiger partial charge in [0, 0.05) is 6.42 Å². The van der Waals surface area contributed by atoms with Crippen molar-refractivity contribution in [3.05, 3.63) is 0 Å². The van der Waals surface area contributed by atoms with Crippen LogP contribution < -0.4 is 5.73 Å². The average Bonchev–Trinajstić information content (AvgIpc) is 1.83. The van der Waals surface area contributed by atoms with Gasteiger partial charge in [0.05, 0.1) is 18.8 Å². The minimum Gasteiger partial charge on any atom is -0.393 e. The molecule has 1 saturated carbocycles. The number of amides is 1. The van der Waals surface area contributed by atoms with Crippen molar-refractivity contribution in [2.24, 2.45) is 5.73 Å². The van der Waals surface area contributed by atoms with Gasteiger partial charge < -0.3 is 15.6 Å². The first-order valence-corrected chi connectivity index (χ1v) is 3.76. The highest BCUT2D eigenvalue weighted by Crippen LogP contribution is 2.22. The van der Waals surface area contributed by atoms with Crippen molar-refractivity contribution in [2.75, 3.05) is 6.61 Å². The molecular formula is C7H13NO3. The molecule has 0 radical (unpaired) electrons. The average molecular weight is 159 g/mol. The predicted octanol–water partition coefficient (Wildman–Crippen LogP) is -0.598. The predicted molar refractivity (Wildman–Crippen MR) is 38.8 cm³/mol. The zero-order valence-electron chi connectivity index (χ0n) is 6.32. The quantitative estimate of drug-likeness (QED) is 0.575. The van der Waals surface area contributed by atoms with Gasteiger partial charge in [-0.3, -0.25) is 4.79 Å². The van der Waals surface area contributed by atoms with E-state index in [1.54, 1.807) is 0 Å². The fourth-order valence-electron chi connectivity index (χ4n) is 1.00. The largest absolute Gasteiger partial charge is 0.393 e. The van der Waals surface area contributed by atoms with Crippen LogP contribution in [0.15, 0.2) is 0 Å². The van der Waals surface area contributed by atoms with Crippen molar-refractivity contribution in [3.63, 3.8) is 0 Å². The molecular weight excluding hydrogens is 146 g/mol. The number of aliphatic hydroxyl groups excluding tert-OH is 1. The maximum absolute atomic E-state index is 10.2. The van der Waals surface area contributed by atoms with Crippen LogP contribution in [0.5, 0.6) is 0 Å². The van der Waals surface area contributed by atoms with E-state index in [1.807, 2.05) is 0 Å². The first-order chi connectivity index (χ1) is 5.18. The fraction of sp³-hybridized carbons (Fsp3) is 0.857. The van der Waals surface area contributed by atoms with E-state index in [0.717, 1.165) is 0 Å². The summed E-state index contributed by atoms with van der Waals surface area (Å²) >= 11 is 0. The molecule has 1 fully saturated rings. The van der Waals surface area contributed by atoms with E-state index >= 15 is 0 Å². The molecule has 0 aromatic heterocycles. The van der Waals surface area contributed by atoms with E-state index < -0.39 is 0 Å². The molecule has 11 heavy (non-hydrogen) atoms. The van der Waals surface area contributed by atoms with E-state index in [4.69, 9.17) is 15.6 Å². The van der Waals surface area contributed by atoms with Gasteiger partial charge in [0.25, 0.3) is 0 Å². The summed E-state index contributed by atoms with van der Waals surface area (Å²) in [5.41, 5.74) is 4.90.